The van der Waals surface area contributed by atoms with Crippen LogP contribution in [0.15, 0.2) is 48.7 Å². The van der Waals surface area contributed by atoms with Gasteiger partial charge in [0.05, 0.1) is 16.8 Å². The van der Waals surface area contributed by atoms with Crippen LogP contribution >= 0.6 is 0 Å². The number of hydrogen-bond acceptors (Lipinski definition) is 3. The molecule has 1 aromatic heterocycles. The Labute approximate surface area is 163 Å². The van der Waals surface area contributed by atoms with Gasteiger partial charge in [0.25, 0.3) is 5.91 Å². The maximum atomic E-state index is 14.1. The van der Waals surface area contributed by atoms with Gasteiger partial charge in [0.15, 0.2) is 0 Å². The third-order valence-corrected chi connectivity index (χ3v) is 5.87. The lowest BCUT2D eigenvalue weighted by Gasteiger charge is -2.33. The van der Waals surface area contributed by atoms with Crippen molar-refractivity contribution in [2.75, 3.05) is 24.5 Å². The number of likely N-dealkylation sites (tertiary alicyclic amines) is 1. The summed E-state index contributed by atoms with van der Waals surface area (Å²) in [5.41, 5.74) is 4.72. The highest BCUT2D eigenvalue weighted by Gasteiger charge is 2.28. The summed E-state index contributed by atoms with van der Waals surface area (Å²) >= 11 is 0. The van der Waals surface area contributed by atoms with Crippen molar-refractivity contribution < 1.29 is 9.18 Å². The second-order valence-electron chi connectivity index (χ2n) is 7.62. The first-order chi connectivity index (χ1) is 13.7. The normalized spacial score (nSPS) is 16.5. The van der Waals surface area contributed by atoms with Crippen LogP contribution in [0.4, 0.5) is 10.1 Å². The summed E-state index contributed by atoms with van der Waals surface area (Å²) in [5, 5.41) is 0.712. The highest BCUT2D eigenvalue weighted by molar-refractivity contribution is 6.07. The summed E-state index contributed by atoms with van der Waals surface area (Å²) in [5.74, 6) is -0.302. The predicted octanol–water partition coefficient (Wildman–Crippen LogP) is 4.17. The van der Waals surface area contributed by atoms with E-state index in [-0.39, 0.29) is 11.7 Å². The molecule has 0 atom stereocenters. The third kappa shape index (κ3) is 2.91. The van der Waals surface area contributed by atoms with Gasteiger partial charge >= 0.3 is 0 Å². The lowest BCUT2D eigenvalue weighted by molar-refractivity contribution is 0.0793. The van der Waals surface area contributed by atoms with Crippen molar-refractivity contribution in [3.05, 3.63) is 71.2 Å². The zero-order chi connectivity index (χ0) is 19.1. The van der Waals surface area contributed by atoms with Crippen molar-refractivity contribution in [3.8, 4) is 0 Å². The second-order valence-corrected chi connectivity index (χ2v) is 7.62. The lowest BCUT2D eigenvalue weighted by Crippen LogP contribution is -2.34. The van der Waals surface area contributed by atoms with Gasteiger partial charge in [-0.1, -0.05) is 24.3 Å². The highest BCUT2D eigenvalue weighted by atomic mass is 19.1. The van der Waals surface area contributed by atoms with Crippen LogP contribution in [0.1, 0.15) is 34.3 Å². The molecule has 0 aliphatic carbocycles. The molecule has 142 valence electrons. The Morgan fingerprint density at radius 1 is 1.00 bits per heavy atom. The summed E-state index contributed by atoms with van der Waals surface area (Å²) in [7, 11) is 0. The van der Waals surface area contributed by atoms with Gasteiger partial charge < -0.3 is 9.80 Å². The van der Waals surface area contributed by atoms with Crippen molar-refractivity contribution in [1.29, 1.82) is 0 Å². The molecule has 2 aliphatic rings. The largest absolute Gasteiger partial charge is 0.366 e. The second kappa shape index (κ2) is 6.89. The topological polar surface area (TPSA) is 36.4 Å². The van der Waals surface area contributed by atoms with Gasteiger partial charge in [0.2, 0.25) is 0 Å². The molecule has 5 heteroatoms. The molecule has 5 rings (SSSR count). The Bertz CT molecular complexity index is 1060. The van der Waals surface area contributed by atoms with Crippen molar-refractivity contribution in [1.82, 2.24) is 9.88 Å². The standard InChI is InChI=1S/C23H22FN3O/c24-18-7-8-21-19(13-18)22(20(14-25-21)23(28)26-10-3-4-11-26)27-12-9-16-5-1-2-6-17(16)15-27/h1-2,5-8,13-14H,3-4,9-12,15H2. The molecule has 0 spiro atoms. The number of nitrogens with zero attached hydrogens (tertiary/aromatic N) is 3. The molecule has 1 fully saturated rings. The van der Waals surface area contributed by atoms with Gasteiger partial charge in [-0.2, -0.15) is 0 Å². The minimum absolute atomic E-state index is 0.00465. The van der Waals surface area contributed by atoms with Gasteiger partial charge in [0.1, 0.15) is 5.82 Å². The van der Waals surface area contributed by atoms with E-state index in [9.17, 15) is 9.18 Å². The van der Waals surface area contributed by atoms with Gasteiger partial charge in [0, 0.05) is 37.8 Å². The van der Waals surface area contributed by atoms with Crippen LogP contribution in [-0.2, 0) is 13.0 Å². The number of carbonyl (C=O) groups is 1. The van der Waals surface area contributed by atoms with E-state index in [1.807, 2.05) is 11.0 Å². The minimum Gasteiger partial charge on any atom is -0.366 e. The van der Waals surface area contributed by atoms with E-state index in [4.69, 9.17) is 0 Å². The van der Waals surface area contributed by atoms with E-state index in [0.717, 1.165) is 44.6 Å². The minimum atomic E-state index is -0.307. The quantitative estimate of drug-likeness (QED) is 0.674. The molecular weight excluding hydrogens is 353 g/mol. The Morgan fingerprint density at radius 3 is 2.61 bits per heavy atom. The van der Waals surface area contributed by atoms with Crippen molar-refractivity contribution in [2.45, 2.75) is 25.8 Å². The Morgan fingerprint density at radius 2 is 1.79 bits per heavy atom. The molecule has 1 saturated heterocycles. The molecular formula is C23H22FN3O. The van der Waals surface area contributed by atoms with E-state index in [2.05, 4.69) is 28.1 Å². The predicted molar refractivity (Wildman–Crippen MR) is 108 cm³/mol. The molecule has 0 N–H and O–H groups in total. The molecule has 2 aliphatic heterocycles. The number of carbonyl (C=O) groups excluding carboxylic acids is 1. The zero-order valence-electron chi connectivity index (χ0n) is 15.7. The summed E-state index contributed by atoms with van der Waals surface area (Å²) < 4.78 is 14.1. The third-order valence-electron chi connectivity index (χ3n) is 5.87. The molecule has 0 saturated carbocycles. The fourth-order valence-electron chi connectivity index (χ4n) is 4.43. The maximum absolute atomic E-state index is 14.1. The van der Waals surface area contributed by atoms with Gasteiger partial charge in [-0.3, -0.25) is 9.78 Å². The highest BCUT2D eigenvalue weighted by Crippen LogP contribution is 2.35. The van der Waals surface area contributed by atoms with E-state index < -0.39 is 0 Å². The number of hydrogen-bond donors (Lipinski definition) is 0. The Balaban J connectivity index is 1.65. The Kier molecular flexibility index (Phi) is 4.23. The van der Waals surface area contributed by atoms with E-state index in [1.54, 1.807) is 12.3 Å². The number of pyridine rings is 1. The number of anilines is 1. The van der Waals surface area contributed by atoms with Crippen LogP contribution < -0.4 is 4.90 Å². The molecule has 0 unspecified atom stereocenters. The number of amides is 1. The SMILES string of the molecule is O=C(c1cnc2ccc(F)cc2c1N1CCc2ccccc2C1)N1CCCC1. The summed E-state index contributed by atoms with van der Waals surface area (Å²) in [4.78, 5) is 21.8. The van der Waals surface area contributed by atoms with Gasteiger partial charge in [-0.05, 0) is 48.6 Å². The Hall–Kier alpha value is -2.95. The molecule has 1 amide bonds. The van der Waals surface area contributed by atoms with Crippen molar-refractivity contribution in [2.24, 2.45) is 0 Å². The average molecular weight is 375 g/mol. The number of aromatic nitrogens is 1. The molecule has 4 nitrogen and oxygen atoms in total. The van der Waals surface area contributed by atoms with Crippen LogP contribution in [-0.4, -0.2) is 35.4 Å². The van der Waals surface area contributed by atoms with Crippen LogP contribution in [0.3, 0.4) is 0 Å². The number of fused-ring (bicyclic) bond motifs is 2. The van der Waals surface area contributed by atoms with E-state index in [0.29, 0.717) is 23.0 Å². The van der Waals surface area contributed by atoms with Crippen LogP contribution in [0.2, 0.25) is 0 Å². The summed E-state index contributed by atoms with van der Waals surface area (Å²) in [6.45, 7) is 3.07. The fraction of sp³-hybridized carbons (Fsp3) is 0.304. The van der Waals surface area contributed by atoms with Crippen molar-refractivity contribution >= 4 is 22.5 Å². The smallest absolute Gasteiger partial charge is 0.257 e. The van der Waals surface area contributed by atoms with Gasteiger partial charge in [-0.15, -0.1) is 0 Å². The molecule has 3 aromatic rings. The van der Waals surface area contributed by atoms with Gasteiger partial charge in [-0.25, -0.2) is 4.39 Å². The number of rotatable bonds is 2. The number of benzene rings is 2. The fourth-order valence-corrected chi connectivity index (χ4v) is 4.43. The first-order valence-corrected chi connectivity index (χ1v) is 9.90. The average Bonchev–Trinajstić information content (AvgIpc) is 3.27. The van der Waals surface area contributed by atoms with E-state index in [1.165, 1.54) is 23.3 Å². The number of halogens is 1. The monoisotopic (exact) mass is 375 g/mol. The molecule has 0 bridgehead atoms. The van der Waals surface area contributed by atoms with Crippen LogP contribution in [0.25, 0.3) is 10.9 Å². The van der Waals surface area contributed by atoms with Crippen LogP contribution in [0, 0.1) is 5.82 Å². The zero-order valence-corrected chi connectivity index (χ0v) is 15.7. The first-order valence-electron chi connectivity index (χ1n) is 9.90. The summed E-state index contributed by atoms with van der Waals surface area (Å²) in [6, 6.07) is 13.0. The molecule has 3 heterocycles. The summed E-state index contributed by atoms with van der Waals surface area (Å²) in [6.07, 6.45) is 4.66. The maximum Gasteiger partial charge on any atom is 0.257 e. The van der Waals surface area contributed by atoms with E-state index >= 15 is 0 Å². The molecule has 0 radical (unpaired) electrons. The lowest BCUT2D eigenvalue weighted by atomic mass is 9.97. The molecule has 28 heavy (non-hydrogen) atoms. The molecule has 2 aromatic carbocycles. The first kappa shape index (κ1) is 17.2. The van der Waals surface area contributed by atoms with Crippen molar-refractivity contribution in [3.63, 3.8) is 0 Å². The van der Waals surface area contributed by atoms with Crippen LogP contribution in [0.5, 0.6) is 0 Å².